The van der Waals surface area contributed by atoms with E-state index in [2.05, 4.69) is 89.2 Å². The van der Waals surface area contributed by atoms with Crippen LogP contribution in [0.5, 0.6) is 0 Å². The van der Waals surface area contributed by atoms with Gasteiger partial charge in [0.2, 0.25) is 11.4 Å². The van der Waals surface area contributed by atoms with Gasteiger partial charge in [0.05, 0.1) is 0 Å². The summed E-state index contributed by atoms with van der Waals surface area (Å²) in [5, 5.41) is 2.56. The van der Waals surface area contributed by atoms with E-state index in [1.165, 1.54) is 51.4 Å². The van der Waals surface area contributed by atoms with Crippen LogP contribution in [-0.2, 0) is 20.9 Å². The molecule has 0 amide bonds. The van der Waals surface area contributed by atoms with Crippen LogP contribution in [0.3, 0.4) is 0 Å². The van der Waals surface area contributed by atoms with E-state index in [0.29, 0.717) is 0 Å². The number of hydrogen-bond acceptors (Lipinski definition) is 0. The Morgan fingerprint density at radius 3 is 2.19 bits per heavy atom. The van der Waals surface area contributed by atoms with E-state index in [9.17, 15) is 5.53 Å². The van der Waals surface area contributed by atoms with Crippen LogP contribution in [0.25, 0.3) is 16.9 Å². The molecule has 2 nitrogen and oxygen atoms in total. The van der Waals surface area contributed by atoms with Gasteiger partial charge in [0, 0.05) is 22.8 Å². The Balaban J connectivity index is 0.000000654. The second-order valence-electron chi connectivity index (χ2n) is 8.05. The van der Waals surface area contributed by atoms with Crippen LogP contribution in [0.1, 0.15) is 82.1 Å². The molecule has 0 atom stereocenters. The van der Waals surface area contributed by atoms with E-state index in [4.69, 9.17) is 0 Å². The summed E-state index contributed by atoms with van der Waals surface area (Å²) in [5.41, 5.74) is 18.8. The van der Waals surface area contributed by atoms with E-state index >= 15 is 0 Å². The van der Waals surface area contributed by atoms with Gasteiger partial charge in [-0.05, 0) is 56.0 Å². The minimum atomic E-state index is 0.882. The summed E-state index contributed by atoms with van der Waals surface area (Å²) in [6.07, 6.45) is 9.07. The fourth-order valence-electron chi connectivity index (χ4n) is 3.90. The van der Waals surface area contributed by atoms with E-state index in [1.807, 2.05) is 14.4 Å². The average molecular weight is 475 g/mol. The Hall–Kier alpha value is -1.99. The molecular weight excluding hydrogens is 435 g/mol. The van der Waals surface area contributed by atoms with Crippen molar-refractivity contribution in [3.8, 4) is 0 Å². The summed E-state index contributed by atoms with van der Waals surface area (Å²) in [7, 11) is 0. The summed E-state index contributed by atoms with van der Waals surface area (Å²) < 4.78 is 1.40. The monoisotopic (exact) mass is 474 g/mol. The van der Waals surface area contributed by atoms with E-state index < -0.39 is 0 Å². The van der Waals surface area contributed by atoms with Gasteiger partial charge in [-0.15, -0.1) is 0 Å². The summed E-state index contributed by atoms with van der Waals surface area (Å²) in [4.78, 5) is 0. The van der Waals surface area contributed by atoms with Crippen molar-refractivity contribution in [3.63, 3.8) is 0 Å². The first-order valence-corrected chi connectivity index (χ1v) is 13.5. The first-order chi connectivity index (χ1) is 15.5. The summed E-state index contributed by atoms with van der Waals surface area (Å²) in [6.45, 7) is 10.9. The van der Waals surface area contributed by atoms with Crippen molar-refractivity contribution in [2.45, 2.75) is 83.9 Å². The Morgan fingerprint density at radius 2 is 1.56 bits per heavy atom. The Labute approximate surface area is 202 Å². The van der Waals surface area contributed by atoms with Gasteiger partial charge in [-0.1, -0.05) is 62.9 Å². The number of nitrogens with zero attached hydrogens (tertiary/aromatic N) is 2. The molecule has 0 bridgehead atoms. The van der Waals surface area contributed by atoms with Crippen LogP contribution in [-0.4, -0.2) is 4.70 Å². The molecule has 1 heterocycles. The molecule has 3 rings (SSSR count). The second-order valence-corrected chi connectivity index (χ2v) is 9.95. The third-order valence-corrected chi connectivity index (χ3v) is 6.58. The van der Waals surface area contributed by atoms with Crippen LogP contribution >= 0.6 is 0 Å². The Morgan fingerprint density at radius 1 is 0.844 bits per heavy atom. The third-order valence-electron chi connectivity index (χ3n) is 5.59. The zero-order valence-electron chi connectivity index (χ0n) is 20.6. The average Bonchev–Trinajstić information content (AvgIpc) is 3.13. The molecule has 3 heteroatoms. The van der Waals surface area contributed by atoms with Gasteiger partial charge in [0.25, 0.3) is 0 Å². The van der Waals surface area contributed by atoms with E-state index in [0.717, 1.165) is 41.8 Å². The van der Waals surface area contributed by atoms with Crippen LogP contribution in [0.15, 0.2) is 60.2 Å². The van der Waals surface area contributed by atoms with Gasteiger partial charge in [-0.2, -0.15) is 0 Å². The molecule has 0 unspecified atom stereocenters. The second kappa shape index (κ2) is 14.2. The van der Waals surface area contributed by atoms with Crippen molar-refractivity contribution in [1.82, 2.24) is 0 Å². The normalized spacial score (nSPS) is 13.3. The van der Waals surface area contributed by atoms with Crippen molar-refractivity contribution in [1.29, 1.82) is 0 Å². The molecule has 0 fully saturated rings. The molecule has 0 saturated carbocycles. The molecule has 0 radical (unpaired) electrons. The molecule has 0 aromatic heterocycles. The number of rotatable bonds is 10. The molecule has 0 spiro atoms. The van der Waals surface area contributed by atoms with Gasteiger partial charge in [-0.25, -0.2) is 4.70 Å². The fourth-order valence-corrected chi connectivity index (χ4v) is 4.39. The fraction of sp³-hybridized carbons (Fsp3) is 0.448. The van der Waals surface area contributed by atoms with Gasteiger partial charge < -0.3 is 5.53 Å². The first-order valence-electron chi connectivity index (χ1n) is 12.1. The number of allylic oxidation sites excluding steroid dienone is 2. The van der Waals surface area contributed by atoms with Crippen molar-refractivity contribution >= 4 is 11.4 Å². The van der Waals surface area contributed by atoms with Gasteiger partial charge in [0.15, 0.2) is 0 Å². The molecule has 1 aliphatic rings. The molecule has 0 aliphatic carbocycles. The van der Waals surface area contributed by atoms with Crippen LogP contribution < -0.4 is 0 Å². The zero-order valence-corrected chi connectivity index (χ0v) is 21.6. The Kier molecular flexibility index (Phi) is 11.7. The molecule has 2 aromatic rings. The minimum absolute atomic E-state index is 0.882. The predicted octanol–water partition coefficient (Wildman–Crippen LogP) is 9.27. The molecule has 176 valence electrons. The van der Waals surface area contributed by atoms with Crippen molar-refractivity contribution in [2.75, 3.05) is 0 Å². The number of unbranched alkanes of at least 4 members (excludes halogenated alkanes) is 3. The van der Waals surface area contributed by atoms with Crippen molar-refractivity contribution < 1.29 is 19.1 Å². The maximum absolute atomic E-state index is 11.1. The first kappa shape index (κ1) is 26.3. The number of benzene rings is 2. The molecule has 0 N–H and O–H groups in total. The topological polar surface area (TPSA) is 25.3 Å². The molecule has 32 heavy (non-hydrogen) atoms. The third kappa shape index (κ3) is 7.56. The summed E-state index contributed by atoms with van der Waals surface area (Å²) in [6, 6.07) is 16.9. The van der Waals surface area contributed by atoms with Gasteiger partial charge in [-0.3, -0.25) is 0 Å². The maximum atomic E-state index is 11.1. The van der Waals surface area contributed by atoms with Crippen molar-refractivity contribution in [2.24, 2.45) is 0 Å². The predicted molar refractivity (Wildman–Crippen MR) is 135 cm³/mol. The number of aryl methyl sites for hydroxylation is 2. The molecule has 1 aliphatic heterocycles. The van der Waals surface area contributed by atoms with Gasteiger partial charge >= 0.3 is 39.1 Å². The molecule has 0 saturated heterocycles. The van der Waals surface area contributed by atoms with Gasteiger partial charge in [0.1, 0.15) is 0 Å². The van der Waals surface area contributed by atoms with Crippen LogP contribution in [0, 0.1) is 6.92 Å². The standard InChI is InChI=1S/C25H30N2.2C2H5.Ni/c1-4-6-7-8-13-23-18-24(21-14-10-12-20(5-2)17-21)27(26)25(23)22-15-9-11-19(3)16-22;2*1-2;/h9-12,14-18H,4-8,13H2,1-3H3;2*1H2,2H3;. The van der Waals surface area contributed by atoms with Crippen molar-refractivity contribution in [3.05, 3.63) is 88.0 Å². The summed E-state index contributed by atoms with van der Waals surface area (Å²) >= 11 is 1.82. The van der Waals surface area contributed by atoms with Crippen LogP contribution in [0.2, 0.25) is 10.8 Å². The summed E-state index contributed by atoms with van der Waals surface area (Å²) in [5.74, 6) is 0. The van der Waals surface area contributed by atoms with E-state index in [1.54, 1.807) is 0 Å². The quantitative estimate of drug-likeness (QED) is 0.186. The SMILES string of the molecule is CCCCCCC1=C(c2cccc(C)c2)[N+](=[N-])C(c2cccc(CC)c2)=C1.C[CH2][Ni][CH2]C. The molecule has 2 aromatic carbocycles. The zero-order chi connectivity index (χ0) is 23.3. The van der Waals surface area contributed by atoms with E-state index in [-0.39, 0.29) is 0 Å². The molecular formula is C29H40N2Ni. The van der Waals surface area contributed by atoms with Crippen LogP contribution in [0.4, 0.5) is 0 Å². The number of hydrogen-bond donors (Lipinski definition) is 0. The Bertz CT molecular complexity index is 938.